The van der Waals surface area contributed by atoms with Crippen molar-refractivity contribution in [2.75, 3.05) is 11.9 Å². The number of rotatable bonds is 7. The van der Waals surface area contributed by atoms with Gasteiger partial charge in [0.2, 0.25) is 5.91 Å². The number of imidazole rings is 1. The van der Waals surface area contributed by atoms with Gasteiger partial charge in [0.1, 0.15) is 5.75 Å². The highest BCUT2D eigenvalue weighted by Crippen LogP contribution is 2.30. The van der Waals surface area contributed by atoms with Gasteiger partial charge in [-0.15, -0.1) is 0 Å². The molecule has 0 fully saturated rings. The molecular weight excluding hydrogens is 477 g/mol. The summed E-state index contributed by atoms with van der Waals surface area (Å²) in [4.78, 5) is 45.2. The Morgan fingerprint density at radius 1 is 1.21 bits per heavy atom. The molecule has 3 aromatic heterocycles. The SMILES string of the molecule is Cn1c(=O)c2c(ncn2CCCC(=O)Nc2nc3ccc(OCC(F)(F)F)cc3s2)n(C)c1=O. The molecule has 0 saturated heterocycles. The number of alkyl halides is 3. The van der Waals surface area contributed by atoms with Crippen molar-refractivity contribution in [2.24, 2.45) is 14.1 Å². The number of carbonyl (C=O) groups excluding carboxylic acids is 1. The zero-order chi connectivity index (χ0) is 24.6. The second-order valence-corrected chi connectivity index (χ2v) is 8.55. The van der Waals surface area contributed by atoms with Crippen LogP contribution in [0.15, 0.2) is 34.1 Å². The highest BCUT2D eigenvalue weighted by Gasteiger charge is 2.28. The lowest BCUT2D eigenvalue weighted by Gasteiger charge is -2.08. The van der Waals surface area contributed by atoms with Crippen molar-refractivity contribution in [3.8, 4) is 5.75 Å². The fourth-order valence-electron chi connectivity index (χ4n) is 3.37. The Hall–Kier alpha value is -3.68. The third-order valence-electron chi connectivity index (χ3n) is 5.03. The molecule has 0 spiro atoms. The molecule has 0 radical (unpaired) electrons. The molecule has 4 aromatic rings. The number of carbonyl (C=O) groups is 1. The van der Waals surface area contributed by atoms with Gasteiger partial charge in [0.25, 0.3) is 5.56 Å². The number of nitrogens with one attached hydrogen (secondary N) is 1. The van der Waals surface area contributed by atoms with Crippen molar-refractivity contribution >= 4 is 43.8 Å². The maximum absolute atomic E-state index is 12.5. The predicted octanol–water partition coefficient (Wildman–Crippen LogP) is 2.40. The molecule has 1 amide bonds. The Morgan fingerprint density at radius 3 is 2.71 bits per heavy atom. The van der Waals surface area contributed by atoms with Crippen LogP contribution in [0.4, 0.5) is 18.3 Å². The smallest absolute Gasteiger partial charge is 0.422 e. The van der Waals surface area contributed by atoms with Crippen molar-refractivity contribution in [3.63, 3.8) is 0 Å². The molecule has 0 aliphatic rings. The summed E-state index contributed by atoms with van der Waals surface area (Å²) in [5, 5.41) is 2.98. The van der Waals surface area contributed by atoms with Crippen LogP contribution in [0, 0.1) is 0 Å². The van der Waals surface area contributed by atoms with E-state index in [1.165, 1.54) is 43.2 Å². The van der Waals surface area contributed by atoms with Crippen molar-refractivity contribution in [3.05, 3.63) is 45.4 Å². The van der Waals surface area contributed by atoms with E-state index in [0.29, 0.717) is 28.3 Å². The number of nitrogens with zero attached hydrogens (tertiary/aromatic N) is 5. The fourth-order valence-corrected chi connectivity index (χ4v) is 4.28. The summed E-state index contributed by atoms with van der Waals surface area (Å²) >= 11 is 1.12. The Bertz CT molecular complexity index is 1500. The summed E-state index contributed by atoms with van der Waals surface area (Å²) in [7, 11) is 2.91. The molecule has 4 rings (SSSR count). The number of benzene rings is 1. The summed E-state index contributed by atoms with van der Waals surface area (Å²) in [6.45, 7) is -1.06. The van der Waals surface area contributed by atoms with E-state index in [0.717, 1.165) is 15.9 Å². The molecule has 0 atom stereocenters. The molecule has 1 aromatic carbocycles. The molecule has 180 valence electrons. The number of hydrogen-bond donors (Lipinski definition) is 1. The van der Waals surface area contributed by atoms with E-state index < -0.39 is 24.0 Å². The Labute approximate surface area is 193 Å². The second kappa shape index (κ2) is 8.93. The monoisotopic (exact) mass is 496 g/mol. The third kappa shape index (κ3) is 4.81. The molecule has 3 heterocycles. The zero-order valence-electron chi connectivity index (χ0n) is 18.0. The van der Waals surface area contributed by atoms with E-state index in [1.54, 1.807) is 4.57 Å². The summed E-state index contributed by atoms with van der Waals surface area (Å²) < 4.78 is 46.2. The van der Waals surface area contributed by atoms with Crippen LogP contribution in [0.1, 0.15) is 12.8 Å². The molecule has 1 N–H and O–H groups in total. The number of amides is 1. The first-order valence-electron chi connectivity index (χ1n) is 10.0. The van der Waals surface area contributed by atoms with E-state index >= 15 is 0 Å². The van der Waals surface area contributed by atoms with Gasteiger partial charge in [0.15, 0.2) is 22.9 Å². The zero-order valence-corrected chi connectivity index (χ0v) is 18.9. The lowest BCUT2D eigenvalue weighted by molar-refractivity contribution is -0.153. The molecule has 0 unspecified atom stereocenters. The number of halogens is 3. The number of anilines is 1. The van der Waals surface area contributed by atoms with Crippen LogP contribution in [0.5, 0.6) is 5.75 Å². The van der Waals surface area contributed by atoms with Gasteiger partial charge in [-0.1, -0.05) is 11.3 Å². The van der Waals surface area contributed by atoms with Gasteiger partial charge in [-0.25, -0.2) is 14.8 Å². The summed E-state index contributed by atoms with van der Waals surface area (Å²) in [5.41, 5.74) is 0.126. The van der Waals surface area contributed by atoms with Gasteiger partial charge in [0.05, 0.1) is 16.5 Å². The first-order valence-corrected chi connectivity index (χ1v) is 10.9. The second-order valence-electron chi connectivity index (χ2n) is 7.52. The van der Waals surface area contributed by atoms with Gasteiger partial charge in [-0.2, -0.15) is 13.2 Å². The van der Waals surface area contributed by atoms with Gasteiger partial charge in [0, 0.05) is 27.1 Å². The van der Waals surface area contributed by atoms with Gasteiger partial charge in [-0.3, -0.25) is 18.7 Å². The summed E-state index contributed by atoms with van der Waals surface area (Å²) in [6, 6.07) is 4.34. The fraction of sp³-hybridized carbons (Fsp3) is 0.350. The molecule has 34 heavy (non-hydrogen) atoms. The van der Waals surface area contributed by atoms with E-state index in [2.05, 4.69) is 15.3 Å². The number of aryl methyl sites for hydroxylation is 2. The van der Waals surface area contributed by atoms with E-state index in [1.807, 2.05) is 0 Å². The van der Waals surface area contributed by atoms with E-state index in [-0.39, 0.29) is 29.2 Å². The minimum atomic E-state index is -4.44. The van der Waals surface area contributed by atoms with Crippen LogP contribution in [0.25, 0.3) is 21.4 Å². The highest BCUT2D eigenvalue weighted by atomic mass is 32.1. The molecule has 14 heteroatoms. The molecule has 0 saturated carbocycles. The van der Waals surface area contributed by atoms with Crippen LogP contribution >= 0.6 is 11.3 Å². The van der Waals surface area contributed by atoms with Crippen molar-refractivity contribution in [1.29, 1.82) is 0 Å². The molecule has 10 nitrogen and oxygen atoms in total. The minimum absolute atomic E-state index is 0.0579. The van der Waals surface area contributed by atoms with Crippen LogP contribution < -0.4 is 21.3 Å². The minimum Gasteiger partial charge on any atom is -0.484 e. The topological polar surface area (TPSA) is 113 Å². The Balaban J connectivity index is 1.38. The van der Waals surface area contributed by atoms with Crippen molar-refractivity contribution < 1.29 is 22.7 Å². The average molecular weight is 496 g/mol. The Morgan fingerprint density at radius 2 is 1.97 bits per heavy atom. The maximum Gasteiger partial charge on any atom is 0.422 e. The molecule has 0 aliphatic carbocycles. The maximum atomic E-state index is 12.5. The van der Waals surface area contributed by atoms with Crippen LogP contribution in [0.3, 0.4) is 0 Å². The third-order valence-corrected chi connectivity index (χ3v) is 5.96. The summed E-state index contributed by atoms with van der Waals surface area (Å²) in [5.74, 6) is -0.250. The average Bonchev–Trinajstić information content (AvgIpc) is 3.37. The molecule has 0 aliphatic heterocycles. The number of fused-ring (bicyclic) bond motifs is 2. The van der Waals surface area contributed by atoms with E-state index in [9.17, 15) is 27.6 Å². The first kappa shape index (κ1) is 23.5. The van der Waals surface area contributed by atoms with E-state index in [4.69, 9.17) is 4.74 Å². The van der Waals surface area contributed by atoms with Crippen LogP contribution in [-0.4, -0.2) is 42.4 Å². The van der Waals surface area contributed by atoms with Crippen molar-refractivity contribution in [2.45, 2.75) is 25.6 Å². The molecule has 0 bridgehead atoms. The van der Waals surface area contributed by atoms with Gasteiger partial charge < -0.3 is 14.6 Å². The molecular formula is C20H19F3N6O4S. The predicted molar refractivity (Wildman–Crippen MR) is 119 cm³/mol. The number of hydrogen-bond acceptors (Lipinski definition) is 7. The lowest BCUT2D eigenvalue weighted by atomic mass is 10.3. The first-order chi connectivity index (χ1) is 16.0. The van der Waals surface area contributed by atoms with Crippen LogP contribution in [-0.2, 0) is 25.4 Å². The normalized spacial score (nSPS) is 11.9. The van der Waals surface area contributed by atoms with Crippen molar-refractivity contribution in [1.82, 2.24) is 23.7 Å². The van der Waals surface area contributed by atoms with Gasteiger partial charge in [-0.05, 0) is 24.6 Å². The Kier molecular flexibility index (Phi) is 6.17. The number of ether oxygens (including phenoxy) is 1. The van der Waals surface area contributed by atoms with Gasteiger partial charge >= 0.3 is 11.9 Å². The number of aromatic nitrogens is 5. The largest absolute Gasteiger partial charge is 0.484 e. The summed E-state index contributed by atoms with van der Waals surface area (Å²) in [6.07, 6.45) is -2.46. The quantitative estimate of drug-likeness (QED) is 0.421. The van der Waals surface area contributed by atoms with Crippen LogP contribution in [0.2, 0.25) is 0 Å². The standard InChI is InChI=1S/C20H19F3N6O4S/c1-27-16-15(17(31)28(2)19(27)32)29(10-24-16)7-3-4-14(30)26-18-25-12-6-5-11(8-13(12)34-18)33-9-20(21,22)23/h5-6,8,10H,3-4,7,9H2,1-2H3,(H,25,26,30). The number of thiazole rings is 1. The lowest BCUT2D eigenvalue weighted by Crippen LogP contribution is -2.37. The highest BCUT2D eigenvalue weighted by molar-refractivity contribution is 7.22.